The number of rotatable bonds is 5. The highest BCUT2D eigenvalue weighted by atomic mass is 32.2. The Morgan fingerprint density at radius 1 is 1.33 bits per heavy atom. The molecule has 5 heteroatoms. The van der Waals surface area contributed by atoms with Crippen LogP contribution in [-0.2, 0) is 11.3 Å². The van der Waals surface area contributed by atoms with Gasteiger partial charge in [0.15, 0.2) is 0 Å². The fraction of sp³-hybridized carbons (Fsp3) is 0.579. The fourth-order valence-electron chi connectivity index (χ4n) is 3.66. The number of hydrogen-bond donors (Lipinski definition) is 1. The van der Waals surface area contributed by atoms with E-state index in [-0.39, 0.29) is 23.4 Å². The molecule has 2 aliphatic heterocycles. The molecule has 1 fully saturated rings. The molecule has 1 aromatic rings. The smallest absolute Gasteiger partial charge is 0.254 e. The summed E-state index contributed by atoms with van der Waals surface area (Å²) in [7, 11) is 0. The molecule has 0 radical (unpaired) electrons. The summed E-state index contributed by atoms with van der Waals surface area (Å²) >= 11 is 1.92. The van der Waals surface area contributed by atoms with Gasteiger partial charge in [0, 0.05) is 24.6 Å². The van der Waals surface area contributed by atoms with E-state index in [9.17, 15) is 9.59 Å². The van der Waals surface area contributed by atoms with Crippen LogP contribution >= 0.6 is 11.8 Å². The first kappa shape index (κ1) is 17.3. The number of carbonyl (C=O) groups is 2. The van der Waals surface area contributed by atoms with E-state index in [4.69, 9.17) is 0 Å². The predicted molar refractivity (Wildman–Crippen MR) is 98.1 cm³/mol. The number of hydrogen-bond acceptors (Lipinski definition) is 3. The molecular formula is C19H26N2O2S. The van der Waals surface area contributed by atoms with Crippen molar-refractivity contribution >= 4 is 23.6 Å². The third kappa shape index (κ3) is 3.32. The minimum absolute atomic E-state index is 0.0695. The number of nitrogens with zero attached hydrogens (tertiary/aromatic N) is 1. The van der Waals surface area contributed by atoms with E-state index >= 15 is 0 Å². The number of thioether (sulfide) groups is 1. The van der Waals surface area contributed by atoms with Gasteiger partial charge in [0.2, 0.25) is 5.91 Å². The van der Waals surface area contributed by atoms with E-state index in [0.717, 1.165) is 41.9 Å². The second-order valence-electron chi connectivity index (χ2n) is 6.94. The van der Waals surface area contributed by atoms with Crippen LogP contribution in [0, 0.1) is 0 Å². The topological polar surface area (TPSA) is 49.4 Å². The first-order valence-electron chi connectivity index (χ1n) is 8.83. The molecule has 0 bridgehead atoms. The lowest BCUT2D eigenvalue weighted by atomic mass is 9.86. The highest BCUT2D eigenvalue weighted by Crippen LogP contribution is 2.40. The van der Waals surface area contributed by atoms with Gasteiger partial charge in [-0.3, -0.25) is 9.59 Å². The third-order valence-corrected chi connectivity index (χ3v) is 6.31. The van der Waals surface area contributed by atoms with Crippen molar-refractivity contribution in [3.8, 4) is 0 Å². The maximum atomic E-state index is 12.9. The maximum Gasteiger partial charge on any atom is 0.254 e. The van der Waals surface area contributed by atoms with Gasteiger partial charge in [-0.2, -0.15) is 11.8 Å². The maximum absolute atomic E-state index is 12.9. The standard InChI is InChI=1S/C19H26N2O2S/c1-3-14(2)20-17(22)12-19(8-10-24-11-9-19)21-13-15-6-4-5-7-16(15)18(21)23/h4-7,14H,3,8-13H2,1-2H3,(H,20,22). The van der Waals surface area contributed by atoms with Crippen molar-refractivity contribution in [1.82, 2.24) is 10.2 Å². The quantitative estimate of drug-likeness (QED) is 0.891. The predicted octanol–water partition coefficient (Wildman–Crippen LogP) is 3.21. The third-order valence-electron chi connectivity index (χ3n) is 5.33. The molecular weight excluding hydrogens is 320 g/mol. The van der Waals surface area contributed by atoms with Crippen LogP contribution in [0.4, 0.5) is 0 Å². The largest absolute Gasteiger partial charge is 0.354 e. The molecule has 0 aliphatic carbocycles. The summed E-state index contributed by atoms with van der Waals surface area (Å²) in [5.41, 5.74) is 1.55. The van der Waals surface area contributed by atoms with Gasteiger partial charge in [-0.1, -0.05) is 25.1 Å². The van der Waals surface area contributed by atoms with E-state index in [1.165, 1.54) is 0 Å². The van der Waals surface area contributed by atoms with Crippen molar-refractivity contribution in [2.24, 2.45) is 0 Å². The Balaban J connectivity index is 1.82. The molecule has 1 N–H and O–H groups in total. The van der Waals surface area contributed by atoms with E-state index in [0.29, 0.717) is 13.0 Å². The second kappa shape index (κ2) is 7.18. The number of nitrogens with one attached hydrogen (secondary N) is 1. The van der Waals surface area contributed by atoms with Gasteiger partial charge < -0.3 is 10.2 Å². The average molecular weight is 346 g/mol. The fourth-order valence-corrected chi connectivity index (χ4v) is 4.91. The van der Waals surface area contributed by atoms with E-state index in [1.54, 1.807) is 0 Å². The number of fused-ring (bicyclic) bond motifs is 1. The second-order valence-corrected chi connectivity index (χ2v) is 8.16. The average Bonchev–Trinajstić information content (AvgIpc) is 2.93. The molecule has 4 nitrogen and oxygen atoms in total. The molecule has 3 rings (SSSR count). The molecule has 130 valence electrons. The normalized spacial score (nSPS) is 20.6. The Morgan fingerprint density at radius 2 is 2.04 bits per heavy atom. The molecule has 0 saturated carbocycles. The molecule has 0 spiro atoms. The van der Waals surface area contributed by atoms with Crippen LogP contribution in [0.1, 0.15) is 55.5 Å². The van der Waals surface area contributed by atoms with Gasteiger partial charge in [-0.05, 0) is 49.3 Å². The SMILES string of the molecule is CCC(C)NC(=O)CC1(N2Cc3ccccc3C2=O)CCSCC1. The molecule has 1 unspecified atom stereocenters. The van der Waals surface area contributed by atoms with E-state index in [1.807, 2.05) is 47.9 Å². The lowest BCUT2D eigenvalue weighted by Crippen LogP contribution is -2.54. The summed E-state index contributed by atoms with van der Waals surface area (Å²) in [5, 5.41) is 3.08. The highest BCUT2D eigenvalue weighted by molar-refractivity contribution is 7.99. The monoisotopic (exact) mass is 346 g/mol. The first-order valence-corrected chi connectivity index (χ1v) is 9.98. The summed E-state index contributed by atoms with van der Waals surface area (Å²) < 4.78 is 0. The number of amides is 2. The number of carbonyl (C=O) groups excluding carboxylic acids is 2. The van der Waals surface area contributed by atoms with Crippen LogP contribution in [0.2, 0.25) is 0 Å². The van der Waals surface area contributed by atoms with Crippen molar-refractivity contribution in [1.29, 1.82) is 0 Å². The van der Waals surface area contributed by atoms with Crippen molar-refractivity contribution in [3.63, 3.8) is 0 Å². The highest BCUT2D eigenvalue weighted by Gasteiger charge is 2.45. The van der Waals surface area contributed by atoms with E-state index in [2.05, 4.69) is 12.2 Å². The Bertz CT molecular complexity index is 626. The molecule has 1 atom stereocenters. The molecule has 2 aliphatic rings. The van der Waals surface area contributed by atoms with Gasteiger partial charge in [0.05, 0.1) is 5.54 Å². The van der Waals surface area contributed by atoms with Crippen LogP contribution in [0.15, 0.2) is 24.3 Å². The van der Waals surface area contributed by atoms with Crippen molar-refractivity contribution in [2.75, 3.05) is 11.5 Å². The summed E-state index contributed by atoms with van der Waals surface area (Å²) in [4.78, 5) is 27.5. The zero-order chi connectivity index (χ0) is 17.2. The number of benzene rings is 1. The summed E-state index contributed by atoms with van der Waals surface area (Å²) in [6, 6.07) is 8.01. The van der Waals surface area contributed by atoms with Crippen LogP contribution in [0.3, 0.4) is 0 Å². The molecule has 2 heterocycles. The molecule has 2 amide bonds. The van der Waals surface area contributed by atoms with Gasteiger partial charge >= 0.3 is 0 Å². The van der Waals surface area contributed by atoms with Crippen LogP contribution in [-0.4, -0.2) is 39.8 Å². The Morgan fingerprint density at radius 3 is 2.71 bits per heavy atom. The Kier molecular flexibility index (Phi) is 5.18. The zero-order valence-electron chi connectivity index (χ0n) is 14.5. The van der Waals surface area contributed by atoms with Crippen molar-refractivity contribution in [3.05, 3.63) is 35.4 Å². The molecule has 0 aromatic heterocycles. The van der Waals surface area contributed by atoms with Gasteiger partial charge in [0.25, 0.3) is 5.91 Å². The van der Waals surface area contributed by atoms with Gasteiger partial charge in [-0.15, -0.1) is 0 Å². The van der Waals surface area contributed by atoms with Crippen molar-refractivity contribution in [2.45, 2.75) is 57.7 Å². The molecule has 1 aromatic carbocycles. The summed E-state index contributed by atoms with van der Waals surface area (Å²) in [6.45, 7) is 4.73. The van der Waals surface area contributed by atoms with Gasteiger partial charge in [0.1, 0.15) is 0 Å². The summed E-state index contributed by atoms with van der Waals surface area (Å²) in [5.74, 6) is 2.18. The van der Waals surface area contributed by atoms with Crippen LogP contribution in [0.5, 0.6) is 0 Å². The Hall–Kier alpha value is -1.49. The van der Waals surface area contributed by atoms with Gasteiger partial charge in [-0.25, -0.2) is 0 Å². The first-order chi connectivity index (χ1) is 11.6. The van der Waals surface area contributed by atoms with Crippen molar-refractivity contribution < 1.29 is 9.59 Å². The van der Waals surface area contributed by atoms with Crippen LogP contribution < -0.4 is 5.32 Å². The minimum Gasteiger partial charge on any atom is -0.354 e. The zero-order valence-corrected chi connectivity index (χ0v) is 15.3. The Labute approximate surface area is 148 Å². The molecule has 1 saturated heterocycles. The van der Waals surface area contributed by atoms with Crippen LogP contribution in [0.25, 0.3) is 0 Å². The summed E-state index contributed by atoms with van der Waals surface area (Å²) in [6.07, 6.45) is 3.12. The lowest BCUT2D eigenvalue weighted by molar-refractivity contribution is -0.124. The van der Waals surface area contributed by atoms with E-state index < -0.39 is 0 Å². The lowest BCUT2D eigenvalue weighted by Gasteiger charge is -2.44. The molecule has 24 heavy (non-hydrogen) atoms. The minimum atomic E-state index is -0.334.